The van der Waals surface area contributed by atoms with E-state index in [1.165, 1.54) is 22.3 Å². The Labute approximate surface area is 230 Å². The van der Waals surface area contributed by atoms with E-state index >= 15 is 0 Å². The first-order chi connectivity index (χ1) is 17.2. The highest BCUT2D eigenvalue weighted by Gasteiger charge is 2.35. The summed E-state index contributed by atoms with van der Waals surface area (Å²) in [6, 6.07) is -0.737. The molecule has 6 heteroatoms. The molecular weight excluding hydrogens is 482 g/mol. The lowest BCUT2D eigenvalue weighted by atomic mass is 9.71. The molecule has 1 N–H and O–H groups in total. The van der Waals surface area contributed by atoms with Crippen LogP contribution in [0.3, 0.4) is 0 Å². The number of ketones is 2. The lowest BCUT2D eigenvalue weighted by molar-refractivity contribution is -0.145. The summed E-state index contributed by atoms with van der Waals surface area (Å²) in [7, 11) is 0. The van der Waals surface area contributed by atoms with E-state index in [1.807, 2.05) is 6.92 Å². The number of rotatable bonds is 13. The smallest absolute Gasteiger partial charge is 0.324 e. The van der Waals surface area contributed by atoms with Crippen LogP contribution in [0, 0.1) is 10.8 Å². The Morgan fingerprint density at radius 1 is 0.892 bits per heavy atom. The number of thioether (sulfide) groups is 1. The van der Waals surface area contributed by atoms with Crippen LogP contribution in [0.25, 0.3) is 0 Å². The molecule has 210 valence electrons. The molecule has 2 aliphatic rings. The number of nitrogens with one attached hydrogen (secondary N) is 1. The molecule has 0 fully saturated rings. The Morgan fingerprint density at radius 2 is 1.41 bits per heavy atom. The molecular formula is C31H51NO4S. The van der Waals surface area contributed by atoms with Gasteiger partial charge in [0, 0.05) is 29.9 Å². The van der Waals surface area contributed by atoms with Gasteiger partial charge in [0.15, 0.2) is 0 Å². The maximum atomic E-state index is 13.2. The predicted octanol–water partition coefficient (Wildman–Crippen LogP) is 6.99. The molecule has 0 spiro atoms. The highest BCUT2D eigenvalue weighted by Crippen LogP contribution is 2.44. The van der Waals surface area contributed by atoms with Gasteiger partial charge in [0.1, 0.15) is 17.6 Å². The molecule has 37 heavy (non-hydrogen) atoms. The molecule has 3 unspecified atom stereocenters. The van der Waals surface area contributed by atoms with Crippen LogP contribution in [0.15, 0.2) is 22.3 Å². The largest absolute Gasteiger partial charge is 0.465 e. The summed E-state index contributed by atoms with van der Waals surface area (Å²) < 4.78 is 5.48. The summed E-state index contributed by atoms with van der Waals surface area (Å²) in [6.07, 6.45) is 7.27. The van der Waals surface area contributed by atoms with Crippen molar-refractivity contribution in [2.75, 3.05) is 12.4 Å². The van der Waals surface area contributed by atoms with Gasteiger partial charge in [-0.3, -0.25) is 19.7 Å². The fraction of sp³-hybridized carbons (Fsp3) is 0.774. The van der Waals surface area contributed by atoms with Crippen LogP contribution in [0.4, 0.5) is 0 Å². The zero-order valence-electron chi connectivity index (χ0n) is 24.8. The van der Waals surface area contributed by atoms with E-state index in [4.69, 9.17) is 4.74 Å². The van der Waals surface area contributed by atoms with Gasteiger partial charge in [-0.1, -0.05) is 50.0 Å². The number of carbonyl (C=O) groups is 3. The number of allylic oxidation sites excluding steroid dienone is 2. The minimum absolute atomic E-state index is 0.0524. The molecule has 0 amide bonds. The maximum absolute atomic E-state index is 13.2. The van der Waals surface area contributed by atoms with Gasteiger partial charge in [0.2, 0.25) is 0 Å². The second-order valence-electron chi connectivity index (χ2n) is 12.4. The fourth-order valence-corrected chi connectivity index (χ4v) is 7.40. The topological polar surface area (TPSA) is 72.5 Å². The van der Waals surface area contributed by atoms with Crippen LogP contribution in [0.5, 0.6) is 0 Å². The average Bonchev–Trinajstić information content (AvgIpc) is 2.78. The van der Waals surface area contributed by atoms with E-state index in [0.29, 0.717) is 25.2 Å². The summed E-state index contributed by atoms with van der Waals surface area (Å²) >= 11 is 1.69. The van der Waals surface area contributed by atoms with Crippen LogP contribution in [-0.4, -0.2) is 47.2 Å². The first-order valence-corrected chi connectivity index (χ1v) is 15.2. The van der Waals surface area contributed by atoms with Crippen molar-refractivity contribution >= 4 is 29.3 Å². The fourth-order valence-electron chi connectivity index (χ4n) is 5.90. The first-order valence-electron chi connectivity index (χ1n) is 14.1. The number of esters is 1. The molecule has 0 bridgehead atoms. The number of hydrogen-bond donors (Lipinski definition) is 1. The highest BCUT2D eigenvalue weighted by molar-refractivity contribution is 8.00. The van der Waals surface area contributed by atoms with Crippen molar-refractivity contribution in [3.05, 3.63) is 22.3 Å². The van der Waals surface area contributed by atoms with Crippen molar-refractivity contribution in [1.29, 1.82) is 0 Å². The number of ether oxygens (including phenoxy) is 1. The van der Waals surface area contributed by atoms with E-state index in [1.54, 1.807) is 25.6 Å². The van der Waals surface area contributed by atoms with Crippen molar-refractivity contribution in [2.24, 2.45) is 10.8 Å². The van der Waals surface area contributed by atoms with E-state index in [0.717, 1.165) is 38.5 Å². The second-order valence-corrected chi connectivity index (χ2v) is 13.7. The van der Waals surface area contributed by atoms with Gasteiger partial charge in [-0.15, -0.1) is 0 Å². The van der Waals surface area contributed by atoms with Crippen LogP contribution >= 0.6 is 11.8 Å². The van der Waals surface area contributed by atoms with Gasteiger partial charge in [0.05, 0.1) is 6.61 Å². The van der Waals surface area contributed by atoms with Gasteiger partial charge in [-0.05, 0) is 84.0 Å². The standard InChI is InChI=1S/C31H51NO4S/c1-10-36-29(35)27(32-26(17-20(2)33)24-13-11-15-30(6,7)22(24)4)19-37-28(18-21(3)34)25-14-12-16-31(8,9)23(25)5/h26-28,32H,10-19H2,1-9H3. The summed E-state index contributed by atoms with van der Waals surface area (Å²) in [5, 5.41) is 3.62. The van der Waals surface area contributed by atoms with Crippen molar-refractivity contribution in [2.45, 2.75) is 131 Å². The van der Waals surface area contributed by atoms with Crippen molar-refractivity contribution in [1.82, 2.24) is 5.32 Å². The quantitative estimate of drug-likeness (QED) is 0.203. The van der Waals surface area contributed by atoms with Crippen LogP contribution in [-0.2, 0) is 19.1 Å². The molecule has 0 aliphatic heterocycles. The first kappa shape index (κ1) is 31.8. The van der Waals surface area contributed by atoms with Crippen LogP contribution in [0.2, 0.25) is 0 Å². The van der Waals surface area contributed by atoms with Gasteiger partial charge >= 0.3 is 5.97 Å². The van der Waals surface area contributed by atoms with Gasteiger partial charge in [-0.25, -0.2) is 0 Å². The molecule has 0 radical (unpaired) electrons. The van der Waals surface area contributed by atoms with Gasteiger partial charge < -0.3 is 4.74 Å². The number of carbonyl (C=O) groups excluding carboxylic acids is 3. The molecule has 0 heterocycles. The summed E-state index contributed by atoms with van der Waals surface area (Å²) in [6.45, 7) is 18.9. The molecule has 0 saturated carbocycles. The Balaban J connectivity index is 2.36. The van der Waals surface area contributed by atoms with Gasteiger partial charge in [0.25, 0.3) is 0 Å². The highest BCUT2D eigenvalue weighted by atomic mass is 32.2. The van der Waals surface area contributed by atoms with Crippen molar-refractivity contribution < 1.29 is 19.1 Å². The SMILES string of the molecule is CCOC(=O)C(CSC(CC(C)=O)C1=C(C)C(C)(C)CCC1)NC(CC(C)=O)C1=C(C)C(C)(C)CCC1. The molecule has 0 aromatic heterocycles. The third-order valence-corrected chi connectivity index (χ3v) is 10.1. The Hall–Kier alpha value is -1.40. The molecule has 2 rings (SSSR count). The van der Waals surface area contributed by atoms with E-state index in [9.17, 15) is 14.4 Å². The summed E-state index contributed by atoms with van der Waals surface area (Å²) in [5.74, 6) is 0.490. The predicted molar refractivity (Wildman–Crippen MR) is 155 cm³/mol. The van der Waals surface area contributed by atoms with Crippen LogP contribution < -0.4 is 5.32 Å². The minimum Gasteiger partial charge on any atom is -0.465 e. The second kappa shape index (κ2) is 13.6. The molecule has 0 aromatic rings. The zero-order valence-corrected chi connectivity index (χ0v) is 25.7. The monoisotopic (exact) mass is 533 g/mol. The average molecular weight is 534 g/mol. The molecule has 3 atom stereocenters. The molecule has 0 aromatic carbocycles. The Bertz CT molecular complexity index is 914. The lowest BCUT2D eigenvalue weighted by Crippen LogP contribution is -2.48. The minimum atomic E-state index is -0.549. The maximum Gasteiger partial charge on any atom is 0.324 e. The van der Waals surface area contributed by atoms with Crippen molar-refractivity contribution in [3.8, 4) is 0 Å². The summed E-state index contributed by atoms with van der Waals surface area (Å²) in [5.41, 5.74) is 5.56. The van der Waals surface area contributed by atoms with Crippen molar-refractivity contribution in [3.63, 3.8) is 0 Å². The third-order valence-electron chi connectivity index (χ3n) is 8.70. The van der Waals surface area contributed by atoms with E-state index in [2.05, 4.69) is 46.9 Å². The third kappa shape index (κ3) is 8.81. The van der Waals surface area contributed by atoms with Crippen LogP contribution in [0.1, 0.15) is 114 Å². The van der Waals surface area contributed by atoms with E-state index in [-0.39, 0.29) is 39.7 Å². The normalized spacial score (nSPS) is 21.9. The zero-order chi connectivity index (χ0) is 28.0. The Kier molecular flexibility index (Phi) is 11.7. The molecule has 5 nitrogen and oxygen atoms in total. The lowest BCUT2D eigenvalue weighted by Gasteiger charge is -2.38. The number of Topliss-reactive ketones (excluding diaryl/α,β-unsaturated/α-hetero) is 2. The summed E-state index contributed by atoms with van der Waals surface area (Å²) in [4.78, 5) is 37.7. The van der Waals surface area contributed by atoms with E-state index < -0.39 is 6.04 Å². The molecule has 2 aliphatic carbocycles. The number of hydrogen-bond acceptors (Lipinski definition) is 6. The Morgan fingerprint density at radius 3 is 1.92 bits per heavy atom. The van der Waals surface area contributed by atoms with Gasteiger partial charge in [-0.2, -0.15) is 11.8 Å². The molecule has 0 saturated heterocycles.